The molecule has 5 nitrogen and oxygen atoms in total. The van der Waals surface area contributed by atoms with E-state index in [1.54, 1.807) is 30.7 Å². The van der Waals surface area contributed by atoms with Gasteiger partial charge >= 0.3 is 0 Å². The quantitative estimate of drug-likeness (QED) is 0.419. The summed E-state index contributed by atoms with van der Waals surface area (Å²) in [5.74, 6) is 0.266. The molecular formula is C24H21FN4O. The highest BCUT2D eigenvalue weighted by molar-refractivity contribution is 5.66. The van der Waals surface area contributed by atoms with Crippen LogP contribution < -0.4 is 9.64 Å². The Balaban J connectivity index is 1.88. The van der Waals surface area contributed by atoms with Crippen LogP contribution in [0.2, 0.25) is 0 Å². The van der Waals surface area contributed by atoms with Gasteiger partial charge in [0.25, 0.3) is 0 Å². The van der Waals surface area contributed by atoms with Gasteiger partial charge in [-0.3, -0.25) is 9.97 Å². The molecule has 0 saturated carbocycles. The van der Waals surface area contributed by atoms with E-state index in [0.717, 1.165) is 22.5 Å². The van der Waals surface area contributed by atoms with E-state index in [1.807, 2.05) is 55.7 Å². The third-order valence-corrected chi connectivity index (χ3v) is 4.65. The van der Waals surface area contributed by atoms with Crippen LogP contribution in [0.15, 0.2) is 91.6 Å². The molecule has 0 aliphatic carbocycles. The molecule has 30 heavy (non-hydrogen) atoms. The number of rotatable bonds is 7. The van der Waals surface area contributed by atoms with Crippen LogP contribution in [-0.4, -0.2) is 21.6 Å². The molecule has 0 saturated heterocycles. The van der Waals surface area contributed by atoms with E-state index in [9.17, 15) is 4.39 Å². The molecule has 0 fully saturated rings. The molecule has 4 aromatic rings. The van der Waals surface area contributed by atoms with Crippen molar-refractivity contribution in [3.05, 3.63) is 109 Å². The van der Waals surface area contributed by atoms with E-state index in [0.29, 0.717) is 12.5 Å². The third kappa shape index (κ3) is 4.27. The summed E-state index contributed by atoms with van der Waals surface area (Å²) >= 11 is 0. The fraction of sp³-hybridized carbons (Fsp3) is 0.125. The molecule has 0 aliphatic rings. The highest BCUT2D eigenvalue weighted by Gasteiger charge is 2.25. The van der Waals surface area contributed by atoms with Crippen LogP contribution in [0.3, 0.4) is 0 Å². The predicted molar refractivity (Wildman–Crippen MR) is 114 cm³/mol. The molecule has 0 spiro atoms. The molecule has 0 unspecified atom stereocenters. The van der Waals surface area contributed by atoms with Gasteiger partial charge in [0, 0.05) is 36.5 Å². The zero-order valence-electron chi connectivity index (χ0n) is 16.5. The van der Waals surface area contributed by atoms with E-state index >= 15 is 0 Å². The van der Waals surface area contributed by atoms with Crippen molar-refractivity contribution in [2.24, 2.45) is 0 Å². The maximum absolute atomic E-state index is 13.7. The average molecular weight is 400 g/mol. The summed E-state index contributed by atoms with van der Waals surface area (Å²) < 4.78 is 19.2. The minimum Gasteiger partial charge on any atom is -0.478 e. The molecule has 3 heterocycles. The second kappa shape index (κ2) is 9.13. The van der Waals surface area contributed by atoms with Crippen molar-refractivity contribution < 1.29 is 9.13 Å². The van der Waals surface area contributed by atoms with E-state index in [1.165, 1.54) is 12.1 Å². The van der Waals surface area contributed by atoms with Gasteiger partial charge in [0.1, 0.15) is 5.82 Å². The molecule has 0 aliphatic heterocycles. The van der Waals surface area contributed by atoms with Crippen LogP contribution in [-0.2, 0) is 0 Å². The lowest BCUT2D eigenvalue weighted by Gasteiger charge is -2.34. The Morgan fingerprint density at radius 2 is 1.47 bits per heavy atom. The molecule has 6 heteroatoms. The zero-order chi connectivity index (χ0) is 20.8. The van der Waals surface area contributed by atoms with Crippen molar-refractivity contribution in [3.63, 3.8) is 0 Å². The number of hydrogen-bond acceptors (Lipinski definition) is 5. The molecule has 150 valence electrons. The lowest BCUT2D eigenvalue weighted by Crippen LogP contribution is -2.25. The van der Waals surface area contributed by atoms with Gasteiger partial charge in [-0.15, -0.1) is 0 Å². The molecular weight excluding hydrogens is 379 g/mol. The van der Waals surface area contributed by atoms with Crippen LogP contribution in [0.5, 0.6) is 5.88 Å². The number of benzene rings is 1. The number of nitrogens with zero attached hydrogens (tertiary/aromatic N) is 4. The fourth-order valence-corrected chi connectivity index (χ4v) is 3.36. The highest BCUT2D eigenvalue weighted by Crippen LogP contribution is 2.38. The van der Waals surface area contributed by atoms with Crippen molar-refractivity contribution in [1.29, 1.82) is 0 Å². The van der Waals surface area contributed by atoms with Crippen molar-refractivity contribution in [2.45, 2.75) is 13.0 Å². The van der Waals surface area contributed by atoms with Gasteiger partial charge in [-0.05, 0) is 60.5 Å². The summed E-state index contributed by atoms with van der Waals surface area (Å²) in [5.41, 5.74) is 3.61. The van der Waals surface area contributed by atoms with Gasteiger partial charge in [-0.2, -0.15) is 0 Å². The zero-order valence-corrected chi connectivity index (χ0v) is 16.5. The maximum atomic E-state index is 13.7. The van der Waals surface area contributed by atoms with Crippen LogP contribution in [0.4, 0.5) is 15.8 Å². The predicted octanol–water partition coefficient (Wildman–Crippen LogP) is 5.34. The largest absolute Gasteiger partial charge is 0.478 e. The SMILES string of the molecule is CCOc1ccc(N(c2ccc(F)cc2)C(c2cccnc2)c2cccnc2)cn1. The first-order chi connectivity index (χ1) is 14.8. The maximum Gasteiger partial charge on any atom is 0.213 e. The molecule has 0 radical (unpaired) electrons. The van der Waals surface area contributed by atoms with Crippen LogP contribution in [0, 0.1) is 5.82 Å². The first-order valence-electron chi connectivity index (χ1n) is 9.70. The minimum absolute atomic E-state index is 0.238. The summed E-state index contributed by atoms with van der Waals surface area (Å²) in [6.45, 7) is 2.46. The van der Waals surface area contributed by atoms with E-state index in [2.05, 4.69) is 19.9 Å². The molecule has 0 amide bonds. The number of aromatic nitrogens is 3. The summed E-state index contributed by atoms with van der Waals surface area (Å²) in [7, 11) is 0. The lowest BCUT2D eigenvalue weighted by molar-refractivity contribution is 0.327. The Morgan fingerprint density at radius 1 is 0.833 bits per heavy atom. The van der Waals surface area contributed by atoms with Crippen LogP contribution in [0.25, 0.3) is 0 Å². The monoisotopic (exact) mass is 400 g/mol. The van der Waals surface area contributed by atoms with Crippen molar-refractivity contribution >= 4 is 11.4 Å². The minimum atomic E-state index is -0.289. The average Bonchev–Trinajstić information content (AvgIpc) is 2.80. The van der Waals surface area contributed by atoms with Gasteiger partial charge in [-0.25, -0.2) is 9.37 Å². The Labute approximate surface area is 174 Å². The standard InChI is InChI=1S/C24H21FN4O/c1-2-30-23-12-11-22(17-28-23)29(21-9-7-20(25)8-10-21)24(18-5-3-13-26-15-18)19-6-4-14-27-16-19/h3-17,24H,2H2,1H3. The smallest absolute Gasteiger partial charge is 0.213 e. The van der Waals surface area contributed by atoms with Crippen molar-refractivity contribution in [2.75, 3.05) is 11.5 Å². The topological polar surface area (TPSA) is 51.1 Å². The number of hydrogen-bond donors (Lipinski definition) is 0. The normalized spacial score (nSPS) is 10.8. The van der Waals surface area contributed by atoms with E-state index in [4.69, 9.17) is 4.74 Å². The first kappa shape index (κ1) is 19.5. The molecule has 0 bridgehead atoms. The number of pyridine rings is 3. The molecule has 0 atom stereocenters. The molecule has 0 N–H and O–H groups in total. The highest BCUT2D eigenvalue weighted by atomic mass is 19.1. The van der Waals surface area contributed by atoms with Gasteiger partial charge in [-0.1, -0.05) is 12.1 Å². The summed E-state index contributed by atoms with van der Waals surface area (Å²) in [6, 6.07) is 17.8. The van der Waals surface area contributed by atoms with E-state index < -0.39 is 0 Å². The van der Waals surface area contributed by atoms with Crippen LogP contribution >= 0.6 is 0 Å². The van der Waals surface area contributed by atoms with E-state index in [-0.39, 0.29) is 11.9 Å². The Kier molecular flexibility index (Phi) is 5.94. The van der Waals surface area contributed by atoms with Gasteiger partial charge in [0.2, 0.25) is 5.88 Å². The molecule has 4 rings (SSSR count). The second-order valence-electron chi connectivity index (χ2n) is 6.61. The second-order valence-corrected chi connectivity index (χ2v) is 6.61. The summed E-state index contributed by atoms with van der Waals surface area (Å²) in [6.07, 6.45) is 8.90. The Bertz CT molecular complexity index is 1020. The summed E-state index contributed by atoms with van der Waals surface area (Å²) in [5, 5.41) is 0. The number of halogens is 1. The van der Waals surface area contributed by atoms with Gasteiger partial charge < -0.3 is 9.64 Å². The third-order valence-electron chi connectivity index (χ3n) is 4.65. The fourth-order valence-electron chi connectivity index (χ4n) is 3.36. The summed E-state index contributed by atoms with van der Waals surface area (Å²) in [4.78, 5) is 15.1. The van der Waals surface area contributed by atoms with Crippen LogP contribution in [0.1, 0.15) is 24.1 Å². The van der Waals surface area contributed by atoms with Crippen molar-refractivity contribution in [3.8, 4) is 5.88 Å². The molecule has 3 aromatic heterocycles. The number of ether oxygens (including phenoxy) is 1. The van der Waals surface area contributed by atoms with Crippen molar-refractivity contribution in [1.82, 2.24) is 15.0 Å². The van der Waals surface area contributed by atoms with Gasteiger partial charge in [0.05, 0.1) is 24.5 Å². The lowest BCUT2D eigenvalue weighted by atomic mass is 9.98. The number of anilines is 2. The Hall–Kier alpha value is -3.80. The Morgan fingerprint density at radius 3 is 1.97 bits per heavy atom. The molecule has 1 aromatic carbocycles. The first-order valence-corrected chi connectivity index (χ1v) is 9.70. The van der Waals surface area contributed by atoms with Gasteiger partial charge in [0.15, 0.2) is 0 Å².